The molecule has 0 radical (unpaired) electrons. The van der Waals surface area contributed by atoms with Gasteiger partial charge < -0.3 is 5.32 Å². The third-order valence-electron chi connectivity index (χ3n) is 3.17. The van der Waals surface area contributed by atoms with Crippen LogP contribution >= 0.6 is 15.9 Å². The summed E-state index contributed by atoms with van der Waals surface area (Å²) in [4.78, 5) is 0. The summed E-state index contributed by atoms with van der Waals surface area (Å²) in [7, 11) is 1.98. The highest BCUT2D eigenvalue weighted by Gasteiger charge is 2.21. The van der Waals surface area contributed by atoms with E-state index in [1.165, 1.54) is 16.8 Å². The van der Waals surface area contributed by atoms with Crippen molar-refractivity contribution in [2.75, 3.05) is 0 Å². The first-order valence-electron chi connectivity index (χ1n) is 6.84. The van der Waals surface area contributed by atoms with Crippen LogP contribution < -0.4 is 5.32 Å². The van der Waals surface area contributed by atoms with Crippen molar-refractivity contribution in [1.82, 2.24) is 15.1 Å². The van der Waals surface area contributed by atoms with Crippen LogP contribution in [0, 0.1) is 0 Å². The predicted molar refractivity (Wildman–Crippen MR) is 86.6 cm³/mol. The van der Waals surface area contributed by atoms with E-state index in [2.05, 4.69) is 77.6 Å². The van der Waals surface area contributed by atoms with Gasteiger partial charge in [0.25, 0.3) is 0 Å². The average Bonchev–Trinajstić information content (AvgIpc) is 2.73. The van der Waals surface area contributed by atoms with Crippen molar-refractivity contribution in [2.45, 2.75) is 39.3 Å². The molecule has 0 aliphatic carbocycles. The van der Waals surface area contributed by atoms with Gasteiger partial charge in [0.15, 0.2) is 0 Å². The molecule has 4 heteroatoms. The number of aryl methyl sites for hydroxylation is 1. The van der Waals surface area contributed by atoms with Crippen LogP contribution in [0.3, 0.4) is 0 Å². The highest BCUT2D eigenvalue weighted by molar-refractivity contribution is 9.10. The third kappa shape index (κ3) is 3.93. The Balaban J connectivity index is 1.99. The van der Waals surface area contributed by atoms with E-state index in [4.69, 9.17) is 0 Å². The molecule has 1 N–H and O–H groups in total. The lowest BCUT2D eigenvalue weighted by molar-refractivity contribution is 0.543. The van der Waals surface area contributed by atoms with Gasteiger partial charge in [-0.3, -0.25) is 4.68 Å². The van der Waals surface area contributed by atoms with Gasteiger partial charge in [-0.15, -0.1) is 0 Å². The third-order valence-corrected chi connectivity index (χ3v) is 3.70. The lowest BCUT2D eigenvalue weighted by atomic mass is 9.89. The monoisotopic (exact) mass is 335 g/mol. The molecule has 1 heterocycles. The van der Waals surface area contributed by atoms with Gasteiger partial charge in [0.2, 0.25) is 0 Å². The molecule has 2 aromatic rings. The van der Waals surface area contributed by atoms with Crippen LogP contribution in [-0.4, -0.2) is 9.78 Å². The van der Waals surface area contributed by atoms with Crippen molar-refractivity contribution in [3.8, 4) is 0 Å². The molecule has 2 rings (SSSR count). The number of nitrogens with zero attached hydrogens (tertiary/aromatic N) is 2. The molecular weight excluding hydrogens is 314 g/mol. The second kappa shape index (κ2) is 6.10. The maximum Gasteiger partial charge on any atom is 0.0722 e. The fraction of sp³-hybridized carbons (Fsp3) is 0.438. The zero-order valence-corrected chi connectivity index (χ0v) is 14.2. The van der Waals surface area contributed by atoms with Gasteiger partial charge in [-0.25, -0.2) is 0 Å². The number of hydrogen-bond donors (Lipinski definition) is 1. The number of aromatic nitrogens is 2. The Hall–Kier alpha value is -1.13. The minimum absolute atomic E-state index is 0.0793. The quantitative estimate of drug-likeness (QED) is 0.921. The predicted octanol–water partition coefficient (Wildman–Crippen LogP) is 3.77. The van der Waals surface area contributed by atoms with Crippen molar-refractivity contribution in [1.29, 1.82) is 0 Å². The molecule has 3 nitrogen and oxygen atoms in total. The van der Waals surface area contributed by atoms with Gasteiger partial charge in [0.1, 0.15) is 0 Å². The van der Waals surface area contributed by atoms with Crippen molar-refractivity contribution in [3.05, 3.63) is 51.8 Å². The normalized spacial score (nSPS) is 11.8. The fourth-order valence-corrected chi connectivity index (χ4v) is 2.51. The Morgan fingerprint density at radius 1 is 1.15 bits per heavy atom. The summed E-state index contributed by atoms with van der Waals surface area (Å²) in [6.07, 6.45) is 2.11. The van der Waals surface area contributed by atoms with E-state index in [9.17, 15) is 0 Å². The zero-order valence-electron chi connectivity index (χ0n) is 12.6. The fourth-order valence-electron chi connectivity index (χ4n) is 2.24. The number of nitrogens with one attached hydrogen (secondary N) is 1. The van der Waals surface area contributed by atoms with Gasteiger partial charge in [0.05, 0.1) is 5.69 Å². The first kappa shape index (κ1) is 15.3. The second-order valence-corrected chi connectivity index (χ2v) is 7.07. The molecule has 0 amide bonds. The maximum absolute atomic E-state index is 4.59. The molecule has 0 fully saturated rings. The molecule has 0 saturated heterocycles. The van der Waals surface area contributed by atoms with Crippen molar-refractivity contribution in [3.63, 3.8) is 0 Å². The van der Waals surface area contributed by atoms with E-state index in [0.717, 1.165) is 17.6 Å². The highest BCUT2D eigenvalue weighted by Crippen LogP contribution is 2.24. The molecule has 1 aromatic carbocycles. The van der Waals surface area contributed by atoms with Crippen molar-refractivity contribution >= 4 is 15.9 Å². The minimum Gasteiger partial charge on any atom is -0.308 e. The lowest BCUT2D eigenvalue weighted by Gasteiger charge is -2.17. The van der Waals surface area contributed by atoms with Gasteiger partial charge in [0, 0.05) is 41.8 Å². The molecule has 0 aliphatic heterocycles. The van der Waals surface area contributed by atoms with E-state index in [1.807, 2.05) is 11.7 Å². The summed E-state index contributed by atoms with van der Waals surface area (Å²) < 4.78 is 3.01. The van der Waals surface area contributed by atoms with E-state index >= 15 is 0 Å². The van der Waals surface area contributed by atoms with Gasteiger partial charge in [-0.1, -0.05) is 48.8 Å². The van der Waals surface area contributed by atoms with Gasteiger partial charge in [-0.2, -0.15) is 5.10 Å². The van der Waals surface area contributed by atoms with Crippen LogP contribution in [0.2, 0.25) is 0 Å². The molecule has 20 heavy (non-hydrogen) atoms. The molecule has 0 unspecified atom stereocenters. The SMILES string of the molecule is Cn1cc(CNCc2ccc(Br)cc2)c(C(C)(C)C)n1. The van der Waals surface area contributed by atoms with Crippen LogP contribution in [0.4, 0.5) is 0 Å². The smallest absolute Gasteiger partial charge is 0.0722 e. The Kier molecular flexibility index (Phi) is 4.66. The average molecular weight is 336 g/mol. The summed E-state index contributed by atoms with van der Waals surface area (Å²) in [6.45, 7) is 8.32. The van der Waals surface area contributed by atoms with Crippen LogP contribution in [0.15, 0.2) is 34.9 Å². The molecule has 0 spiro atoms. The summed E-state index contributed by atoms with van der Waals surface area (Å²) >= 11 is 3.45. The number of benzene rings is 1. The topological polar surface area (TPSA) is 29.9 Å². The first-order chi connectivity index (χ1) is 9.36. The van der Waals surface area contributed by atoms with E-state index < -0.39 is 0 Å². The zero-order chi connectivity index (χ0) is 14.8. The molecular formula is C16H22BrN3. The van der Waals surface area contributed by atoms with Crippen LogP contribution in [0.1, 0.15) is 37.6 Å². The first-order valence-corrected chi connectivity index (χ1v) is 7.64. The number of halogens is 1. The Morgan fingerprint density at radius 3 is 2.40 bits per heavy atom. The van der Waals surface area contributed by atoms with Crippen molar-refractivity contribution < 1.29 is 0 Å². The second-order valence-electron chi connectivity index (χ2n) is 6.16. The van der Waals surface area contributed by atoms with Gasteiger partial charge in [-0.05, 0) is 17.7 Å². The van der Waals surface area contributed by atoms with E-state index in [0.29, 0.717) is 0 Å². The Morgan fingerprint density at radius 2 is 1.80 bits per heavy atom. The summed E-state index contributed by atoms with van der Waals surface area (Å²) in [5.41, 5.74) is 3.81. The minimum atomic E-state index is 0.0793. The lowest BCUT2D eigenvalue weighted by Crippen LogP contribution is -2.19. The number of rotatable bonds is 4. The largest absolute Gasteiger partial charge is 0.308 e. The van der Waals surface area contributed by atoms with Crippen LogP contribution in [0.5, 0.6) is 0 Å². The highest BCUT2D eigenvalue weighted by atomic mass is 79.9. The van der Waals surface area contributed by atoms with Crippen LogP contribution in [-0.2, 0) is 25.6 Å². The number of hydrogen-bond acceptors (Lipinski definition) is 2. The molecule has 0 bridgehead atoms. The summed E-state index contributed by atoms with van der Waals surface area (Å²) in [6, 6.07) is 8.40. The maximum atomic E-state index is 4.59. The molecule has 0 aliphatic rings. The molecule has 0 saturated carbocycles. The Bertz CT molecular complexity index is 564. The molecule has 0 atom stereocenters. The summed E-state index contributed by atoms with van der Waals surface area (Å²) in [5.74, 6) is 0. The molecule has 1 aromatic heterocycles. The summed E-state index contributed by atoms with van der Waals surface area (Å²) in [5, 5.41) is 8.08. The van der Waals surface area contributed by atoms with Crippen LogP contribution in [0.25, 0.3) is 0 Å². The van der Waals surface area contributed by atoms with Gasteiger partial charge >= 0.3 is 0 Å². The molecule has 108 valence electrons. The Labute approximate surface area is 129 Å². The van der Waals surface area contributed by atoms with Crippen molar-refractivity contribution in [2.24, 2.45) is 7.05 Å². The van der Waals surface area contributed by atoms with E-state index in [1.54, 1.807) is 0 Å². The standard InChI is InChI=1S/C16H22BrN3/c1-16(2,3)15-13(11-20(4)19-15)10-18-9-12-5-7-14(17)8-6-12/h5-8,11,18H,9-10H2,1-4H3. The van der Waals surface area contributed by atoms with E-state index in [-0.39, 0.29) is 5.41 Å².